The van der Waals surface area contributed by atoms with Gasteiger partial charge in [0.1, 0.15) is 21.9 Å². The number of β-lactam (4-membered cyclic amide) rings is 1. The molecule has 0 unspecified atom stereocenters. The van der Waals surface area contributed by atoms with Gasteiger partial charge in [0.05, 0.1) is 0 Å². The minimum Gasteiger partial charge on any atom is -0.484 e. The van der Waals surface area contributed by atoms with Gasteiger partial charge in [0, 0.05) is 14.0 Å². The number of methoxy groups -OCH3 is 1. The Kier molecular flexibility index (Phi) is 6.22. The van der Waals surface area contributed by atoms with Gasteiger partial charge in [0.2, 0.25) is 12.2 Å². The van der Waals surface area contributed by atoms with Crippen LogP contribution in [-0.4, -0.2) is 76.0 Å². The fourth-order valence-corrected chi connectivity index (χ4v) is 5.38. The highest BCUT2D eigenvalue weighted by Crippen LogP contribution is 2.53. The van der Waals surface area contributed by atoms with E-state index in [0.717, 1.165) is 11.8 Å². The van der Waals surface area contributed by atoms with Gasteiger partial charge in [-0.15, -0.1) is 11.8 Å². The van der Waals surface area contributed by atoms with Gasteiger partial charge in [-0.05, 0) is 19.1 Å². The smallest absolute Gasteiger partial charge is 0.328 e. The highest BCUT2D eigenvalue weighted by Gasteiger charge is 2.68. The molecule has 2 fully saturated rings. The van der Waals surface area contributed by atoms with Gasteiger partial charge >= 0.3 is 11.9 Å². The summed E-state index contributed by atoms with van der Waals surface area (Å²) in [6.07, 6.45) is -1.20. The molecule has 2 aliphatic heterocycles. The first-order chi connectivity index (χ1) is 14.2. The molecule has 5 atom stereocenters. The molecule has 0 bridgehead atoms. The molecule has 1 aromatic carbocycles. The van der Waals surface area contributed by atoms with E-state index < -0.39 is 52.2 Å². The summed E-state index contributed by atoms with van der Waals surface area (Å²) in [5.41, 5.74) is 0. The molecule has 2 heterocycles. The Morgan fingerprint density at radius 3 is 2.53 bits per heavy atom. The molecule has 11 heteroatoms. The number of esters is 1. The topological polar surface area (TPSA) is 131 Å². The number of thioether (sulfide) groups is 1. The standard InChI is InChI=1S/C19H22N2O8S/c1-10(22)29-18(27-3)19(2)14(17(25)26)21-15(24)13(16(21)30-19)20-12(23)9-28-11-7-5-4-6-8-11/h4-8,13-14,16,18H,9H2,1-3H3,(H,20,23)(H,25,26)/t13-,14+,16-,18-,19-/m1/s1. The van der Waals surface area contributed by atoms with Gasteiger partial charge in [0.15, 0.2) is 12.6 Å². The fraction of sp³-hybridized carbons (Fsp3) is 0.474. The Morgan fingerprint density at radius 1 is 1.30 bits per heavy atom. The number of hydrogen-bond donors (Lipinski definition) is 2. The van der Waals surface area contributed by atoms with Crippen LogP contribution in [-0.2, 0) is 28.7 Å². The van der Waals surface area contributed by atoms with Crippen molar-refractivity contribution in [3.63, 3.8) is 0 Å². The summed E-state index contributed by atoms with van der Waals surface area (Å²) < 4.78 is 14.5. The number of hydrogen-bond acceptors (Lipinski definition) is 8. The van der Waals surface area contributed by atoms with E-state index >= 15 is 0 Å². The van der Waals surface area contributed by atoms with Gasteiger partial charge in [-0.2, -0.15) is 0 Å². The Balaban J connectivity index is 1.70. The van der Waals surface area contributed by atoms with Crippen molar-refractivity contribution in [2.24, 2.45) is 0 Å². The second-order valence-electron chi connectivity index (χ2n) is 7.00. The molecule has 10 nitrogen and oxygen atoms in total. The second-order valence-corrected chi connectivity index (χ2v) is 8.60. The summed E-state index contributed by atoms with van der Waals surface area (Å²) in [5.74, 6) is -2.44. The minimum atomic E-state index is -1.29. The predicted molar refractivity (Wildman–Crippen MR) is 104 cm³/mol. The van der Waals surface area contributed by atoms with Crippen LogP contribution in [0.4, 0.5) is 0 Å². The van der Waals surface area contributed by atoms with Crippen molar-refractivity contribution >= 4 is 35.5 Å². The quantitative estimate of drug-likeness (QED) is 0.332. The van der Waals surface area contributed by atoms with E-state index in [4.69, 9.17) is 14.2 Å². The molecule has 2 N–H and O–H groups in total. The lowest BCUT2D eigenvalue weighted by molar-refractivity contribution is -0.186. The van der Waals surface area contributed by atoms with Crippen molar-refractivity contribution in [1.82, 2.24) is 10.2 Å². The molecule has 2 saturated heterocycles. The van der Waals surface area contributed by atoms with E-state index in [9.17, 15) is 24.3 Å². The first kappa shape index (κ1) is 21.9. The van der Waals surface area contributed by atoms with Crippen molar-refractivity contribution in [1.29, 1.82) is 0 Å². The van der Waals surface area contributed by atoms with E-state index in [2.05, 4.69) is 5.32 Å². The van der Waals surface area contributed by atoms with E-state index in [0.29, 0.717) is 5.75 Å². The molecule has 2 amide bonds. The molecule has 0 spiro atoms. The summed E-state index contributed by atoms with van der Waals surface area (Å²) >= 11 is 1.11. The van der Waals surface area contributed by atoms with Crippen LogP contribution in [0.3, 0.4) is 0 Å². The lowest BCUT2D eigenvalue weighted by Gasteiger charge is -2.43. The molecule has 0 saturated carbocycles. The summed E-state index contributed by atoms with van der Waals surface area (Å²) in [4.78, 5) is 49.4. The number of ether oxygens (including phenoxy) is 3. The van der Waals surface area contributed by atoms with Crippen LogP contribution in [0.5, 0.6) is 5.75 Å². The number of benzene rings is 1. The molecular weight excluding hydrogens is 416 g/mol. The van der Waals surface area contributed by atoms with Gasteiger partial charge in [0.25, 0.3) is 5.91 Å². The van der Waals surface area contributed by atoms with Crippen LogP contribution < -0.4 is 10.1 Å². The average molecular weight is 438 g/mol. The van der Waals surface area contributed by atoms with Crippen molar-refractivity contribution in [3.8, 4) is 5.75 Å². The highest BCUT2D eigenvalue weighted by molar-refractivity contribution is 8.01. The zero-order valence-corrected chi connectivity index (χ0v) is 17.4. The van der Waals surface area contributed by atoms with E-state index in [-0.39, 0.29) is 6.61 Å². The first-order valence-electron chi connectivity index (χ1n) is 9.09. The van der Waals surface area contributed by atoms with Crippen LogP contribution in [0.1, 0.15) is 13.8 Å². The molecule has 3 rings (SSSR count). The monoisotopic (exact) mass is 438 g/mol. The van der Waals surface area contributed by atoms with Gasteiger partial charge in [-0.25, -0.2) is 4.79 Å². The number of amides is 2. The summed E-state index contributed by atoms with van der Waals surface area (Å²) in [6, 6.07) is 6.51. The van der Waals surface area contributed by atoms with E-state index in [1.54, 1.807) is 31.2 Å². The molecule has 162 valence electrons. The summed E-state index contributed by atoms with van der Waals surface area (Å²) in [5, 5.41) is 11.7. The van der Waals surface area contributed by atoms with Crippen molar-refractivity contribution in [2.75, 3.05) is 13.7 Å². The zero-order valence-electron chi connectivity index (χ0n) is 16.6. The number of carboxylic acids is 1. The number of nitrogens with one attached hydrogen (secondary N) is 1. The Labute approximate surface area is 176 Å². The molecule has 0 radical (unpaired) electrons. The number of aliphatic carboxylic acids is 1. The average Bonchev–Trinajstić information content (AvgIpc) is 3.00. The Hall–Kier alpha value is -2.79. The van der Waals surface area contributed by atoms with Crippen LogP contribution >= 0.6 is 11.8 Å². The molecular formula is C19H22N2O8S. The van der Waals surface area contributed by atoms with Crippen molar-refractivity contribution < 1.29 is 38.5 Å². The second kappa shape index (κ2) is 8.52. The summed E-state index contributed by atoms with van der Waals surface area (Å²) in [7, 11) is 1.29. The third kappa shape index (κ3) is 3.94. The Bertz CT molecular complexity index is 850. The molecule has 30 heavy (non-hydrogen) atoms. The number of fused-ring (bicyclic) bond motifs is 1. The maximum Gasteiger partial charge on any atom is 0.328 e. The number of rotatable bonds is 8. The van der Waals surface area contributed by atoms with Gasteiger partial charge < -0.3 is 29.5 Å². The zero-order chi connectivity index (χ0) is 22.1. The van der Waals surface area contributed by atoms with E-state index in [1.165, 1.54) is 18.9 Å². The SMILES string of the molecule is CO[C@H](OC(C)=O)[C@]1(C)S[C@@H]2[C@H](NC(=O)COc3ccccc3)C(=O)N2[C@H]1C(=O)O. The van der Waals surface area contributed by atoms with Crippen LogP contribution in [0.15, 0.2) is 30.3 Å². The number of nitrogens with zero attached hydrogens (tertiary/aromatic N) is 1. The third-order valence-corrected chi connectivity index (χ3v) is 6.56. The number of para-hydroxylation sites is 1. The molecule has 0 aromatic heterocycles. The molecule has 0 aliphatic carbocycles. The molecule has 1 aromatic rings. The summed E-state index contributed by atoms with van der Waals surface area (Å²) in [6.45, 7) is 2.44. The maximum absolute atomic E-state index is 12.6. The minimum absolute atomic E-state index is 0.293. The van der Waals surface area contributed by atoms with Crippen molar-refractivity contribution in [2.45, 2.75) is 42.3 Å². The van der Waals surface area contributed by atoms with Crippen LogP contribution in [0.2, 0.25) is 0 Å². The maximum atomic E-state index is 12.6. The number of carbonyl (C=O) groups excluding carboxylic acids is 3. The highest BCUT2D eigenvalue weighted by atomic mass is 32.2. The van der Waals surface area contributed by atoms with Gasteiger partial charge in [-0.1, -0.05) is 18.2 Å². The molecule has 2 aliphatic rings. The lowest BCUT2D eigenvalue weighted by atomic mass is 9.94. The van der Waals surface area contributed by atoms with E-state index in [1.807, 2.05) is 6.07 Å². The normalized spacial score (nSPS) is 28.2. The fourth-order valence-electron chi connectivity index (χ4n) is 3.60. The lowest BCUT2D eigenvalue weighted by Crippen LogP contribution is -2.71. The predicted octanol–water partition coefficient (Wildman–Crippen LogP) is 0.213. The Morgan fingerprint density at radius 2 is 1.97 bits per heavy atom. The third-order valence-electron chi connectivity index (χ3n) is 4.89. The van der Waals surface area contributed by atoms with Crippen LogP contribution in [0, 0.1) is 0 Å². The van der Waals surface area contributed by atoms with Gasteiger partial charge in [-0.3, -0.25) is 14.4 Å². The van der Waals surface area contributed by atoms with Crippen molar-refractivity contribution in [3.05, 3.63) is 30.3 Å². The number of carbonyl (C=O) groups is 4. The largest absolute Gasteiger partial charge is 0.484 e. The van der Waals surface area contributed by atoms with Crippen LogP contribution in [0.25, 0.3) is 0 Å². The number of carboxylic acid groups (broad SMARTS) is 1. The first-order valence-corrected chi connectivity index (χ1v) is 9.97.